The number of carbonyl (C=O) groups is 2. The summed E-state index contributed by atoms with van der Waals surface area (Å²) in [5.41, 5.74) is 3.51. The van der Waals surface area contributed by atoms with Crippen molar-refractivity contribution in [2.24, 2.45) is 28.2 Å². The molecule has 4 aliphatic carbocycles. The second-order valence-electron chi connectivity index (χ2n) is 11.0. The number of Topliss-reactive ketones (excluding diaryl/α,β-unsaturated/α-hetero) is 1. The number of nitrogens with zero attached hydrogens (tertiary/aromatic N) is 1. The second kappa shape index (κ2) is 6.26. The number of fused-ring (bicyclic) bond motifs is 1. The molecule has 4 bridgehead atoms. The number of rotatable bonds is 4. The van der Waals surface area contributed by atoms with Crippen LogP contribution in [0.5, 0.6) is 0 Å². The Labute approximate surface area is 172 Å². The fourth-order valence-electron chi connectivity index (χ4n) is 7.27. The molecule has 6 rings (SSSR count). The molecule has 1 aromatic rings. The smallest absolute Gasteiger partial charge is 0.335 e. The van der Waals surface area contributed by atoms with Gasteiger partial charge in [-0.3, -0.25) is 9.79 Å². The molecule has 1 heterocycles. The van der Waals surface area contributed by atoms with Gasteiger partial charge in [0.2, 0.25) is 0 Å². The highest BCUT2D eigenvalue weighted by atomic mass is 16.4. The maximum Gasteiger partial charge on any atom is 0.335 e. The molecule has 0 unspecified atom stereocenters. The summed E-state index contributed by atoms with van der Waals surface area (Å²) in [5, 5.41) is 9.58. The lowest BCUT2D eigenvalue weighted by atomic mass is 9.48. The summed E-state index contributed by atoms with van der Waals surface area (Å²) in [6.07, 6.45) is 8.30. The molecule has 0 aromatic heterocycles. The molecule has 5 aliphatic rings. The largest absolute Gasteiger partial charge is 0.478 e. The minimum atomic E-state index is -0.915. The van der Waals surface area contributed by atoms with Gasteiger partial charge in [-0.15, -0.1) is 0 Å². The molecule has 154 valence electrons. The van der Waals surface area contributed by atoms with E-state index in [-0.39, 0.29) is 11.0 Å². The number of aromatic carboxylic acids is 1. The number of hydrogen-bond donors (Lipinski definition) is 1. The summed E-state index contributed by atoms with van der Waals surface area (Å²) < 4.78 is 0. The van der Waals surface area contributed by atoms with Gasteiger partial charge in [0, 0.05) is 17.4 Å². The van der Waals surface area contributed by atoms with E-state index >= 15 is 0 Å². The van der Waals surface area contributed by atoms with E-state index in [1.807, 2.05) is 13.0 Å². The highest BCUT2D eigenvalue weighted by Gasteiger charge is 2.54. The Morgan fingerprint density at radius 3 is 2.21 bits per heavy atom. The third-order valence-corrected chi connectivity index (χ3v) is 8.01. The number of carbonyl (C=O) groups excluding carboxylic acids is 1. The third kappa shape index (κ3) is 3.15. The minimum absolute atomic E-state index is 0.140. The Kier molecular flexibility index (Phi) is 4.11. The molecule has 0 spiro atoms. The second-order valence-corrected chi connectivity index (χ2v) is 11.0. The zero-order valence-corrected chi connectivity index (χ0v) is 17.8. The lowest BCUT2D eigenvalue weighted by molar-refractivity contribution is -0.142. The molecule has 1 aromatic carbocycles. The molecule has 1 N–H and O–H groups in total. The van der Waals surface area contributed by atoms with E-state index in [1.54, 1.807) is 6.07 Å². The highest BCUT2D eigenvalue weighted by Crippen LogP contribution is 2.60. The first-order chi connectivity index (χ1) is 13.6. The average Bonchev–Trinajstić information content (AvgIpc) is 2.58. The molecule has 1 aliphatic heterocycles. The van der Waals surface area contributed by atoms with Gasteiger partial charge in [-0.1, -0.05) is 6.07 Å². The topological polar surface area (TPSA) is 66.7 Å². The monoisotopic (exact) mass is 393 g/mol. The number of ketones is 1. The van der Waals surface area contributed by atoms with Crippen LogP contribution in [0.25, 0.3) is 0 Å². The van der Waals surface area contributed by atoms with E-state index in [9.17, 15) is 14.7 Å². The molecule has 4 nitrogen and oxygen atoms in total. The lowest BCUT2D eigenvalue weighted by Crippen LogP contribution is -2.50. The van der Waals surface area contributed by atoms with Crippen molar-refractivity contribution in [1.82, 2.24) is 0 Å². The van der Waals surface area contributed by atoms with Crippen molar-refractivity contribution in [3.8, 4) is 0 Å². The van der Waals surface area contributed by atoms with Crippen LogP contribution in [0.1, 0.15) is 85.8 Å². The van der Waals surface area contributed by atoms with E-state index in [2.05, 4.69) is 13.8 Å². The molecule has 29 heavy (non-hydrogen) atoms. The summed E-state index contributed by atoms with van der Waals surface area (Å²) in [7, 11) is 0. The number of carboxylic acids is 1. The van der Waals surface area contributed by atoms with Crippen molar-refractivity contribution >= 4 is 17.5 Å². The molecule has 4 saturated carbocycles. The molecular weight excluding hydrogens is 362 g/mol. The van der Waals surface area contributed by atoms with Crippen molar-refractivity contribution in [2.75, 3.05) is 0 Å². The molecular formula is C25H31NO3. The quantitative estimate of drug-likeness (QED) is 0.783. The molecule has 0 amide bonds. The van der Waals surface area contributed by atoms with Crippen LogP contribution in [-0.4, -0.2) is 28.1 Å². The SMILES string of the molecule is Cc1cc2c(cc1C(=O)O)C(CC(=O)C13CC4CC(CC(C4)C1)C3)=NC(C)(C)C2. The fraction of sp³-hybridized carbons (Fsp3) is 0.640. The van der Waals surface area contributed by atoms with Crippen molar-refractivity contribution in [3.63, 3.8) is 0 Å². The number of carboxylic acid groups (broad SMARTS) is 1. The molecule has 4 fully saturated rings. The fourth-order valence-corrected chi connectivity index (χ4v) is 7.27. The van der Waals surface area contributed by atoms with Gasteiger partial charge < -0.3 is 5.11 Å². The zero-order chi connectivity index (χ0) is 20.6. The summed E-state index contributed by atoms with van der Waals surface area (Å²) >= 11 is 0. The van der Waals surface area contributed by atoms with Crippen LogP contribution in [0, 0.1) is 30.1 Å². The van der Waals surface area contributed by atoms with Crippen LogP contribution in [0.15, 0.2) is 17.1 Å². The molecule has 0 atom stereocenters. The number of benzene rings is 1. The first-order valence-electron chi connectivity index (χ1n) is 11.1. The maximum absolute atomic E-state index is 13.7. The first-order valence-corrected chi connectivity index (χ1v) is 11.1. The number of aliphatic imine (C=N–C) groups is 1. The van der Waals surface area contributed by atoms with Gasteiger partial charge in [-0.2, -0.15) is 0 Å². The Bertz CT molecular complexity index is 904. The summed E-state index contributed by atoms with van der Waals surface area (Å²) in [6, 6.07) is 3.75. The average molecular weight is 394 g/mol. The summed E-state index contributed by atoms with van der Waals surface area (Å²) in [6.45, 7) is 6.06. The summed E-state index contributed by atoms with van der Waals surface area (Å²) in [5.74, 6) is 1.66. The van der Waals surface area contributed by atoms with Gasteiger partial charge in [-0.25, -0.2) is 4.79 Å². The normalized spacial score (nSPS) is 33.9. The lowest BCUT2D eigenvalue weighted by Gasteiger charge is -2.56. The van der Waals surface area contributed by atoms with Crippen molar-refractivity contribution < 1.29 is 14.7 Å². The van der Waals surface area contributed by atoms with E-state index in [1.165, 1.54) is 19.3 Å². The Morgan fingerprint density at radius 1 is 1.07 bits per heavy atom. The van der Waals surface area contributed by atoms with Gasteiger partial charge in [0.25, 0.3) is 0 Å². The zero-order valence-electron chi connectivity index (χ0n) is 17.8. The van der Waals surface area contributed by atoms with Gasteiger partial charge in [0.15, 0.2) is 0 Å². The van der Waals surface area contributed by atoms with Gasteiger partial charge in [0.1, 0.15) is 5.78 Å². The van der Waals surface area contributed by atoms with Gasteiger partial charge >= 0.3 is 5.97 Å². The predicted octanol–water partition coefficient (Wildman–Crippen LogP) is 4.99. The first kappa shape index (κ1) is 19.0. The van der Waals surface area contributed by atoms with Crippen LogP contribution in [0.2, 0.25) is 0 Å². The molecule has 0 saturated heterocycles. The van der Waals surface area contributed by atoms with Crippen LogP contribution in [-0.2, 0) is 11.2 Å². The van der Waals surface area contributed by atoms with E-state index in [4.69, 9.17) is 4.99 Å². The minimum Gasteiger partial charge on any atom is -0.478 e. The highest BCUT2D eigenvalue weighted by molar-refractivity contribution is 6.14. The van der Waals surface area contributed by atoms with E-state index in [0.717, 1.165) is 65.8 Å². The summed E-state index contributed by atoms with van der Waals surface area (Å²) in [4.78, 5) is 30.3. The van der Waals surface area contributed by atoms with Crippen molar-refractivity contribution in [1.29, 1.82) is 0 Å². The van der Waals surface area contributed by atoms with E-state index in [0.29, 0.717) is 17.8 Å². The number of aryl methyl sites for hydroxylation is 1. The third-order valence-electron chi connectivity index (χ3n) is 8.01. The van der Waals surface area contributed by atoms with E-state index < -0.39 is 5.97 Å². The predicted molar refractivity (Wildman–Crippen MR) is 113 cm³/mol. The standard InChI is InChI=1S/C25H31NO3/c1-14-4-18-13-24(2,3)26-21(20(18)8-19(14)23(28)29)9-22(27)25-10-15-5-16(11-25)7-17(6-15)12-25/h4,8,15-17H,5-7,9-13H2,1-3H3,(H,28,29). The van der Waals surface area contributed by atoms with Gasteiger partial charge in [-0.05, 0) is 101 Å². The van der Waals surface area contributed by atoms with Crippen LogP contribution >= 0.6 is 0 Å². The van der Waals surface area contributed by atoms with Crippen LogP contribution in [0.3, 0.4) is 0 Å². The van der Waals surface area contributed by atoms with Gasteiger partial charge in [0.05, 0.1) is 16.8 Å². The Balaban J connectivity index is 1.49. The van der Waals surface area contributed by atoms with Crippen LogP contribution < -0.4 is 0 Å². The Hall–Kier alpha value is -1.97. The Morgan fingerprint density at radius 2 is 1.66 bits per heavy atom. The molecule has 0 radical (unpaired) electrons. The van der Waals surface area contributed by atoms with Crippen LogP contribution in [0.4, 0.5) is 0 Å². The maximum atomic E-state index is 13.7. The molecule has 4 heteroatoms. The number of hydrogen-bond acceptors (Lipinski definition) is 3. The van der Waals surface area contributed by atoms with Crippen molar-refractivity contribution in [3.05, 3.63) is 34.4 Å². The van der Waals surface area contributed by atoms with Crippen molar-refractivity contribution in [2.45, 2.75) is 77.7 Å².